The van der Waals surface area contributed by atoms with Crippen molar-refractivity contribution in [3.05, 3.63) is 90.4 Å². The van der Waals surface area contributed by atoms with E-state index >= 15 is 0 Å². The summed E-state index contributed by atoms with van der Waals surface area (Å²) in [5, 5.41) is 1.13. The van der Waals surface area contributed by atoms with E-state index in [2.05, 4.69) is 35.3 Å². The number of hydrogen-bond acceptors (Lipinski definition) is 2. The standard InChI is InChI=1S/C25H24FNO2/c1-18(2)27-22-11-9-8-10-21(22)25(19-14-16-20(26)17-15-19)23(27)12-6-4-5-7-13-24(28)29-3/h4-18H,1-3H3/b5-4+,12-6+,13-7+. The van der Waals surface area contributed by atoms with Gasteiger partial charge in [0.2, 0.25) is 0 Å². The van der Waals surface area contributed by atoms with Crippen LogP contribution in [0.3, 0.4) is 0 Å². The lowest BCUT2D eigenvalue weighted by Gasteiger charge is -2.13. The van der Waals surface area contributed by atoms with Gasteiger partial charge < -0.3 is 9.30 Å². The molecule has 148 valence electrons. The minimum atomic E-state index is -0.392. The summed E-state index contributed by atoms with van der Waals surface area (Å²) < 4.78 is 20.3. The molecule has 2 aromatic carbocycles. The van der Waals surface area contributed by atoms with E-state index < -0.39 is 5.97 Å². The Kier molecular flexibility index (Phi) is 6.45. The summed E-state index contributed by atoms with van der Waals surface area (Å²) in [4.78, 5) is 11.1. The van der Waals surface area contributed by atoms with Gasteiger partial charge in [-0.3, -0.25) is 0 Å². The van der Waals surface area contributed by atoms with Crippen LogP contribution in [0.1, 0.15) is 25.6 Å². The molecule has 1 aromatic heterocycles. The Labute approximate surface area is 170 Å². The second kappa shape index (κ2) is 9.20. The van der Waals surface area contributed by atoms with Crippen LogP contribution in [-0.4, -0.2) is 17.6 Å². The number of aromatic nitrogens is 1. The summed E-state index contributed by atoms with van der Waals surface area (Å²) in [7, 11) is 1.35. The number of esters is 1. The highest BCUT2D eigenvalue weighted by Crippen LogP contribution is 2.37. The number of ether oxygens (including phenoxy) is 1. The average Bonchev–Trinajstić information content (AvgIpc) is 3.05. The van der Waals surface area contributed by atoms with Gasteiger partial charge in [0.1, 0.15) is 5.82 Å². The van der Waals surface area contributed by atoms with Crippen molar-refractivity contribution in [2.24, 2.45) is 0 Å². The van der Waals surface area contributed by atoms with Crippen LogP contribution in [0.25, 0.3) is 28.1 Å². The average molecular weight is 389 g/mol. The predicted molar refractivity (Wildman–Crippen MR) is 117 cm³/mol. The number of halogens is 1. The van der Waals surface area contributed by atoms with E-state index in [1.807, 2.05) is 42.5 Å². The maximum absolute atomic E-state index is 13.5. The molecule has 0 saturated carbocycles. The molecule has 0 bridgehead atoms. The minimum Gasteiger partial charge on any atom is -0.466 e. The fourth-order valence-electron chi connectivity index (χ4n) is 3.40. The smallest absolute Gasteiger partial charge is 0.330 e. The first-order chi connectivity index (χ1) is 14.0. The van der Waals surface area contributed by atoms with E-state index in [1.165, 1.54) is 25.3 Å². The van der Waals surface area contributed by atoms with E-state index in [9.17, 15) is 9.18 Å². The summed E-state index contributed by atoms with van der Waals surface area (Å²) in [6.07, 6.45) is 10.6. The second-order valence-corrected chi connectivity index (χ2v) is 6.87. The van der Waals surface area contributed by atoms with E-state index in [1.54, 1.807) is 12.2 Å². The lowest BCUT2D eigenvalue weighted by Crippen LogP contribution is -2.02. The van der Waals surface area contributed by atoms with Crippen LogP contribution in [0, 0.1) is 5.82 Å². The molecule has 0 N–H and O–H groups in total. The van der Waals surface area contributed by atoms with Crippen molar-refractivity contribution >= 4 is 22.9 Å². The normalized spacial score (nSPS) is 12.2. The molecule has 0 spiro atoms. The molecule has 3 aromatic rings. The van der Waals surface area contributed by atoms with Gasteiger partial charge >= 0.3 is 5.97 Å². The molecule has 0 unspecified atom stereocenters. The van der Waals surface area contributed by atoms with Crippen molar-refractivity contribution in [1.29, 1.82) is 0 Å². The molecule has 0 aliphatic rings. The second-order valence-electron chi connectivity index (χ2n) is 6.87. The highest BCUT2D eigenvalue weighted by Gasteiger charge is 2.18. The maximum Gasteiger partial charge on any atom is 0.330 e. The van der Waals surface area contributed by atoms with Crippen LogP contribution < -0.4 is 0 Å². The van der Waals surface area contributed by atoms with Gasteiger partial charge in [0.05, 0.1) is 7.11 Å². The number of carbonyl (C=O) groups excluding carboxylic acids is 1. The Hall–Kier alpha value is -3.40. The summed E-state index contributed by atoms with van der Waals surface area (Å²) in [5.41, 5.74) is 4.23. The number of methoxy groups -OCH3 is 1. The van der Waals surface area contributed by atoms with Crippen molar-refractivity contribution in [1.82, 2.24) is 4.57 Å². The number of carbonyl (C=O) groups is 1. The Morgan fingerprint density at radius 3 is 2.38 bits per heavy atom. The Morgan fingerprint density at radius 1 is 1.00 bits per heavy atom. The monoisotopic (exact) mass is 389 g/mol. The summed E-state index contributed by atoms with van der Waals surface area (Å²) >= 11 is 0. The van der Waals surface area contributed by atoms with Crippen molar-refractivity contribution in [2.75, 3.05) is 7.11 Å². The molecule has 4 heteroatoms. The van der Waals surface area contributed by atoms with E-state index in [4.69, 9.17) is 0 Å². The van der Waals surface area contributed by atoms with Crippen molar-refractivity contribution in [3.63, 3.8) is 0 Å². The molecule has 3 nitrogen and oxygen atoms in total. The quantitative estimate of drug-likeness (QED) is 0.280. The van der Waals surface area contributed by atoms with E-state index in [0.717, 1.165) is 27.7 Å². The van der Waals surface area contributed by atoms with Crippen molar-refractivity contribution in [2.45, 2.75) is 19.9 Å². The van der Waals surface area contributed by atoms with Crippen LogP contribution in [0.2, 0.25) is 0 Å². The van der Waals surface area contributed by atoms with Gasteiger partial charge in [-0.1, -0.05) is 54.6 Å². The third kappa shape index (κ3) is 4.54. The molecule has 0 fully saturated rings. The molecular formula is C25H24FNO2. The Morgan fingerprint density at radius 2 is 1.69 bits per heavy atom. The topological polar surface area (TPSA) is 31.2 Å². The van der Waals surface area contributed by atoms with Crippen molar-refractivity contribution < 1.29 is 13.9 Å². The highest BCUT2D eigenvalue weighted by atomic mass is 19.1. The maximum atomic E-state index is 13.5. The molecule has 0 atom stereocenters. The number of rotatable bonds is 6. The summed E-state index contributed by atoms with van der Waals surface area (Å²) in [6, 6.07) is 15.1. The number of nitrogens with zero attached hydrogens (tertiary/aromatic N) is 1. The zero-order chi connectivity index (χ0) is 20.8. The van der Waals surface area contributed by atoms with Crippen LogP contribution in [0.5, 0.6) is 0 Å². The van der Waals surface area contributed by atoms with Gasteiger partial charge in [0, 0.05) is 34.3 Å². The molecular weight excluding hydrogens is 365 g/mol. The molecule has 1 heterocycles. The molecule has 0 aliphatic heterocycles. The Bertz CT molecular complexity index is 1090. The lowest BCUT2D eigenvalue weighted by molar-refractivity contribution is -0.134. The minimum absolute atomic E-state index is 0.247. The SMILES string of the molecule is COC(=O)/C=C/C=C/C=C/c1c(-c2ccc(F)cc2)c2ccccc2n1C(C)C. The zero-order valence-corrected chi connectivity index (χ0v) is 16.8. The van der Waals surface area contributed by atoms with Crippen LogP contribution in [0.15, 0.2) is 78.9 Å². The third-order valence-corrected chi connectivity index (χ3v) is 4.62. The summed E-state index contributed by atoms with van der Waals surface area (Å²) in [5.74, 6) is -0.643. The van der Waals surface area contributed by atoms with Gasteiger partial charge in [0.15, 0.2) is 0 Å². The largest absolute Gasteiger partial charge is 0.466 e. The fraction of sp³-hybridized carbons (Fsp3) is 0.160. The number of para-hydroxylation sites is 1. The van der Waals surface area contributed by atoms with Gasteiger partial charge in [-0.25, -0.2) is 9.18 Å². The molecule has 0 amide bonds. The molecule has 0 radical (unpaired) electrons. The van der Waals surface area contributed by atoms with E-state index in [-0.39, 0.29) is 11.9 Å². The van der Waals surface area contributed by atoms with Gasteiger partial charge in [0.25, 0.3) is 0 Å². The first kappa shape index (κ1) is 20.3. The van der Waals surface area contributed by atoms with Crippen LogP contribution >= 0.6 is 0 Å². The van der Waals surface area contributed by atoms with Gasteiger partial charge in [-0.2, -0.15) is 0 Å². The number of benzene rings is 2. The Balaban J connectivity index is 2.10. The first-order valence-electron chi connectivity index (χ1n) is 9.51. The van der Waals surface area contributed by atoms with Gasteiger partial charge in [-0.05, 0) is 43.7 Å². The predicted octanol–water partition coefficient (Wildman–Crippen LogP) is 6.33. The number of hydrogen-bond donors (Lipinski definition) is 0. The van der Waals surface area contributed by atoms with Crippen LogP contribution in [-0.2, 0) is 9.53 Å². The molecule has 0 saturated heterocycles. The fourth-order valence-corrected chi connectivity index (χ4v) is 3.40. The van der Waals surface area contributed by atoms with E-state index in [0.29, 0.717) is 0 Å². The zero-order valence-electron chi connectivity index (χ0n) is 16.8. The van der Waals surface area contributed by atoms with Gasteiger partial charge in [-0.15, -0.1) is 0 Å². The first-order valence-corrected chi connectivity index (χ1v) is 9.51. The lowest BCUT2D eigenvalue weighted by atomic mass is 10.0. The van der Waals surface area contributed by atoms with Crippen LogP contribution in [0.4, 0.5) is 4.39 Å². The third-order valence-electron chi connectivity index (χ3n) is 4.62. The number of allylic oxidation sites excluding steroid dienone is 4. The molecule has 3 rings (SSSR count). The van der Waals surface area contributed by atoms with Crippen molar-refractivity contribution in [3.8, 4) is 11.1 Å². The summed E-state index contributed by atoms with van der Waals surface area (Å²) in [6.45, 7) is 4.29. The molecule has 29 heavy (non-hydrogen) atoms. The highest BCUT2D eigenvalue weighted by molar-refractivity contribution is 6.01. The number of fused-ring (bicyclic) bond motifs is 1. The molecule has 0 aliphatic carbocycles.